The fourth-order valence-corrected chi connectivity index (χ4v) is 2.54. The van der Waals surface area contributed by atoms with Crippen LogP contribution in [0, 0.1) is 0 Å². The second-order valence-electron chi connectivity index (χ2n) is 5.10. The minimum absolute atomic E-state index is 0.722. The molecule has 3 rings (SSSR count). The first-order chi connectivity index (χ1) is 10.4. The van der Waals surface area contributed by atoms with Crippen molar-refractivity contribution in [1.29, 1.82) is 0 Å². The molecule has 2 aromatic rings. The van der Waals surface area contributed by atoms with Gasteiger partial charge in [-0.1, -0.05) is 12.1 Å². The highest BCUT2D eigenvalue weighted by Crippen LogP contribution is 2.26. The van der Waals surface area contributed by atoms with E-state index in [4.69, 9.17) is 9.72 Å². The molecule has 110 valence electrons. The van der Waals surface area contributed by atoms with Crippen LogP contribution in [0.15, 0.2) is 36.5 Å². The smallest absolute Gasteiger partial charge is 0.163 e. The lowest BCUT2D eigenvalue weighted by molar-refractivity contribution is 0.230. The number of hydrogen-bond donors (Lipinski definition) is 1. The minimum atomic E-state index is 0.722. The molecular formula is C16H20N4O. The lowest BCUT2D eigenvalue weighted by atomic mass is 10.2. The lowest BCUT2D eigenvalue weighted by Gasteiger charge is -2.26. The fraction of sp³-hybridized carbons (Fsp3) is 0.375. The predicted octanol–water partition coefficient (Wildman–Crippen LogP) is 1.56. The Morgan fingerprint density at radius 1 is 1.19 bits per heavy atom. The summed E-state index contributed by atoms with van der Waals surface area (Å²) in [6, 6.07) is 9.84. The van der Waals surface area contributed by atoms with Gasteiger partial charge in [0.15, 0.2) is 5.82 Å². The van der Waals surface area contributed by atoms with E-state index < -0.39 is 0 Å². The molecule has 0 saturated carbocycles. The van der Waals surface area contributed by atoms with Crippen LogP contribution in [0.4, 0.5) is 0 Å². The molecule has 0 aliphatic carbocycles. The summed E-state index contributed by atoms with van der Waals surface area (Å²) in [5, 5.41) is 3.36. The van der Waals surface area contributed by atoms with E-state index in [0.717, 1.165) is 55.6 Å². The Hall–Kier alpha value is -1.98. The number of ether oxygens (including phenoxy) is 1. The summed E-state index contributed by atoms with van der Waals surface area (Å²) in [5.41, 5.74) is 1.98. The highest BCUT2D eigenvalue weighted by molar-refractivity contribution is 5.63. The average molecular weight is 284 g/mol. The number of piperazine rings is 1. The molecule has 1 aliphatic rings. The molecule has 5 heteroatoms. The maximum Gasteiger partial charge on any atom is 0.163 e. The molecule has 1 aromatic carbocycles. The first-order valence-electron chi connectivity index (χ1n) is 7.25. The number of aromatic nitrogens is 2. The van der Waals surface area contributed by atoms with E-state index in [9.17, 15) is 0 Å². The summed E-state index contributed by atoms with van der Waals surface area (Å²) in [7, 11) is 1.67. The number of nitrogens with one attached hydrogen (secondary N) is 1. The van der Waals surface area contributed by atoms with Gasteiger partial charge in [-0.2, -0.15) is 0 Å². The molecule has 21 heavy (non-hydrogen) atoms. The SMILES string of the molecule is COc1ccccc1-c1nccc(CN2CCNCC2)n1. The molecule has 1 N–H and O–H groups in total. The van der Waals surface area contributed by atoms with Gasteiger partial charge in [-0.15, -0.1) is 0 Å². The quantitative estimate of drug-likeness (QED) is 0.923. The summed E-state index contributed by atoms with van der Waals surface area (Å²) in [6.45, 7) is 5.09. The van der Waals surface area contributed by atoms with Crippen molar-refractivity contribution in [2.75, 3.05) is 33.3 Å². The van der Waals surface area contributed by atoms with E-state index in [1.807, 2.05) is 36.5 Å². The maximum absolute atomic E-state index is 5.39. The van der Waals surface area contributed by atoms with Gasteiger partial charge in [0.05, 0.1) is 18.4 Å². The highest BCUT2D eigenvalue weighted by Gasteiger charge is 2.12. The van der Waals surface area contributed by atoms with E-state index in [2.05, 4.69) is 15.2 Å². The van der Waals surface area contributed by atoms with Crippen molar-refractivity contribution in [2.45, 2.75) is 6.54 Å². The maximum atomic E-state index is 5.39. The first-order valence-corrected chi connectivity index (χ1v) is 7.25. The molecule has 1 fully saturated rings. The summed E-state index contributed by atoms with van der Waals surface area (Å²) >= 11 is 0. The van der Waals surface area contributed by atoms with Crippen molar-refractivity contribution in [3.63, 3.8) is 0 Å². The standard InChI is InChI=1S/C16H20N4O/c1-21-15-5-3-2-4-14(15)16-18-7-6-13(19-16)12-20-10-8-17-9-11-20/h2-7,17H,8-12H2,1H3. The highest BCUT2D eigenvalue weighted by atomic mass is 16.5. The van der Waals surface area contributed by atoms with Gasteiger partial charge < -0.3 is 10.1 Å². The molecule has 0 atom stereocenters. The van der Waals surface area contributed by atoms with E-state index in [0.29, 0.717) is 0 Å². The summed E-state index contributed by atoms with van der Waals surface area (Å²) in [6.07, 6.45) is 1.83. The zero-order valence-electron chi connectivity index (χ0n) is 12.2. The molecule has 0 bridgehead atoms. The molecule has 1 aliphatic heterocycles. The van der Waals surface area contributed by atoms with E-state index in [1.54, 1.807) is 7.11 Å². The molecule has 0 radical (unpaired) electrons. The van der Waals surface area contributed by atoms with E-state index in [1.165, 1.54) is 0 Å². The number of hydrogen-bond acceptors (Lipinski definition) is 5. The van der Waals surface area contributed by atoms with Crippen molar-refractivity contribution in [3.8, 4) is 17.1 Å². The molecule has 2 heterocycles. The van der Waals surface area contributed by atoms with Crippen LogP contribution in [0.2, 0.25) is 0 Å². The second-order valence-corrected chi connectivity index (χ2v) is 5.10. The molecule has 5 nitrogen and oxygen atoms in total. The van der Waals surface area contributed by atoms with Crippen molar-refractivity contribution < 1.29 is 4.74 Å². The Morgan fingerprint density at radius 3 is 2.81 bits per heavy atom. The Labute approximate surface area is 125 Å². The van der Waals surface area contributed by atoms with Gasteiger partial charge in [-0.05, 0) is 18.2 Å². The Morgan fingerprint density at radius 2 is 2.00 bits per heavy atom. The van der Waals surface area contributed by atoms with Crippen molar-refractivity contribution in [1.82, 2.24) is 20.2 Å². The third-order valence-corrected chi connectivity index (χ3v) is 3.66. The van der Waals surface area contributed by atoms with Crippen LogP contribution >= 0.6 is 0 Å². The van der Waals surface area contributed by atoms with Gasteiger partial charge in [0.2, 0.25) is 0 Å². The summed E-state index contributed by atoms with van der Waals surface area (Å²) < 4.78 is 5.39. The van der Waals surface area contributed by atoms with Gasteiger partial charge in [0.25, 0.3) is 0 Å². The zero-order valence-corrected chi connectivity index (χ0v) is 12.2. The number of nitrogens with zero attached hydrogens (tertiary/aromatic N) is 3. The van der Waals surface area contributed by atoms with Crippen molar-refractivity contribution >= 4 is 0 Å². The third kappa shape index (κ3) is 3.37. The van der Waals surface area contributed by atoms with E-state index >= 15 is 0 Å². The largest absolute Gasteiger partial charge is 0.496 e. The second kappa shape index (κ2) is 6.65. The summed E-state index contributed by atoms with van der Waals surface area (Å²) in [4.78, 5) is 11.5. The first kappa shape index (κ1) is 14.0. The van der Waals surface area contributed by atoms with Crippen LogP contribution in [0.5, 0.6) is 5.75 Å². The number of para-hydroxylation sites is 1. The normalized spacial score (nSPS) is 15.9. The molecule has 0 spiro atoms. The average Bonchev–Trinajstić information content (AvgIpc) is 2.56. The zero-order chi connectivity index (χ0) is 14.5. The van der Waals surface area contributed by atoms with Crippen LogP contribution < -0.4 is 10.1 Å². The van der Waals surface area contributed by atoms with Crippen LogP contribution in [0.25, 0.3) is 11.4 Å². The third-order valence-electron chi connectivity index (χ3n) is 3.66. The molecule has 0 amide bonds. The monoisotopic (exact) mass is 284 g/mol. The number of rotatable bonds is 4. The van der Waals surface area contributed by atoms with Gasteiger partial charge in [0.1, 0.15) is 5.75 Å². The molecule has 1 aromatic heterocycles. The number of methoxy groups -OCH3 is 1. The predicted molar refractivity (Wildman–Crippen MR) is 82.2 cm³/mol. The van der Waals surface area contributed by atoms with Gasteiger partial charge >= 0.3 is 0 Å². The Kier molecular flexibility index (Phi) is 4.43. The van der Waals surface area contributed by atoms with Gasteiger partial charge in [-0.25, -0.2) is 9.97 Å². The van der Waals surface area contributed by atoms with Gasteiger partial charge in [-0.3, -0.25) is 4.90 Å². The lowest BCUT2D eigenvalue weighted by Crippen LogP contribution is -2.43. The minimum Gasteiger partial charge on any atom is -0.496 e. The molecule has 1 saturated heterocycles. The van der Waals surface area contributed by atoms with Crippen LogP contribution in [0.3, 0.4) is 0 Å². The van der Waals surface area contributed by atoms with Crippen LogP contribution in [0.1, 0.15) is 5.69 Å². The van der Waals surface area contributed by atoms with Crippen LogP contribution in [-0.2, 0) is 6.54 Å². The number of benzene rings is 1. The molecule has 0 unspecified atom stereocenters. The molecular weight excluding hydrogens is 264 g/mol. The summed E-state index contributed by atoms with van der Waals surface area (Å²) in [5.74, 6) is 1.52. The van der Waals surface area contributed by atoms with Crippen LogP contribution in [-0.4, -0.2) is 48.2 Å². The Bertz CT molecular complexity index is 596. The topological polar surface area (TPSA) is 50.3 Å². The fourth-order valence-electron chi connectivity index (χ4n) is 2.54. The van der Waals surface area contributed by atoms with Gasteiger partial charge in [0, 0.05) is 38.9 Å². The Balaban J connectivity index is 1.82. The van der Waals surface area contributed by atoms with Crippen molar-refractivity contribution in [2.24, 2.45) is 0 Å². The van der Waals surface area contributed by atoms with Crippen molar-refractivity contribution in [3.05, 3.63) is 42.2 Å². The van der Waals surface area contributed by atoms with E-state index in [-0.39, 0.29) is 0 Å².